The fraction of sp³-hybridized carbons (Fsp3) is 0.0417. The highest BCUT2D eigenvalue weighted by atomic mass is 32.2. The number of aromatic nitrogens is 1. The van der Waals surface area contributed by atoms with Crippen molar-refractivity contribution in [1.29, 1.82) is 0 Å². The van der Waals surface area contributed by atoms with E-state index in [-0.39, 0.29) is 22.6 Å². The molecule has 3 aromatic carbocycles. The number of aliphatic carboxylic acids is 1. The zero-order valence-corrected chi connectivity index (χ0v) is 19.3. The molecule has 10 heteroatoms. The Balaban J connectivity index is 1.43. The number of thiazole rings is 1. The van der Waals surface area contributed by atoms with Gasteiger partial charge in [0.05, 0.1) is 17.0 Å². The van der Waals surface area contributed by atoms with E-state index >= 15 is 0 Å². The number of carbonyl (C=O) groups excluding carboxylic acids is 1. The average Bonchev–Trinajstić information content (AvgIpc) is 3.28. The molecule has 0 saturated carbocycles. The Labute approximate surface area is 200 Å². The molecular weight excluding hydrogens is 474 g/mol. The van der Waals surface area contributed by atoms with Crippen LogP contribution in [0.3, 0.4) is 0 Å². The first-order valence-electron chi connectivity index (χ1n) is 10.1. The van der Waals surface area contributed by atoms with Crippen molar-refractivity contribution in [2.75, 3.05) is 10.0 Å². The van der Waals surface area contributed by atoms with Crippen LogP contribution in [0.2, 0.25) is 0 Å². The molecule has 0 saturated heterocycles. The number of rotatable bonds is 8. The van der Waals surface area contributed by atoms with Crippen LogP contribution in [-0.2, 0) is 21.2 Å². The van der Waals surface area contributed by atoms with Crippen LogP contribution in [0.1, 0.15) is 15.9 Å². The number of nitrogens with one attached hydrogen (secondary N) is 2. The summed E-state index contributed by atoms with van der Waals surface area (Å²) in [7, 11) is -3.93. The molecule has 34 heavy (non-hydrogen) atoms. The summed E-state index contributed by atoms with van der Waals surface area (Å²) in [6.45, 7) is 0. The first kappa shape index (κ1) is 23.1. The second kappa shape index (κ2) is 9.86. The smallest absolute Gasteiger partial charge is 0.307 e. The second-order valence-corrected chi connectivity index (χ2v) is 9.80. The van der Waals surface area contributed by atoms with Crippen molar-refractivity contribution < 1.29 is 23.1 Å². The van der Waals surface area contributed by atoms with E-state index in [1.54, 1.807) is 12.1 Å². The number of sulfonamides is 1. The Hall–Kier alpha value is -4.02. The Morgan fingerprint density at radius 2 is 1.68 bits per heavy atom. The van der Waals surface area contributed by atoms with Crippen molar-refractivity contribution in [3.05, 3.63) is 95.4 Å². The van der Waals surface area contributed by atoms with Gasteiger partial charge in [-0.05, 0) is 42.0 Å². The SMILES string of the molecule is O=C(O)Cc1cccc(NS(=O)(=O)c2ccc(C(=O)Nc3nc(-c4ccccc4)cs3)cc2)c1. The fourth-order valence-corrected chi connectivity index (χ4v) is 4.93. The van der Waals surface area contributed by atoms with Gasteiger partial charge in [-0.3, -0.25) is 19.6 Å². The van der Waals surface area contributed by atoms with Crippen molar-refractivity contribution >= 4 is 44.1 Å². The molecule has 0 radical (unpaired) electrons. The van der Waals surface area contributed by atoms with Crippen LogP contribution in [0, 0.1) is 0 Å². The monoisotopic (exact) mass is 493 g/mol. The standard InChI is InChI=1S/C24H19N3O5S2/c28-22(29)14-16-5-4-8-19(13-16)27-34(31,32)20-11-9-18(10-12-20)23(30)26-24-25-21(15-33-24)17-6-2-1-3-7-17/h1-13,15,27H,14H2,(H,28,29)(H,25,26,30). The number of amides is 1. The first-order valence-corrected chi connectivity index (χ1v) is 12.4. The summed E-state index contributed by atoms with van der Waals surface area (Å²) in [4.78, 5) is 27.8. The molecule has 0 aliphatic rings. The van der Waals surface area contributed by atoms with Gasteiger partial charge in [0.2, 0.25) is 0 Å². The van der Waals surface area contributed by atoms with Crippen molar-refractivity contribution in [2.45, 2.75) is 11.3 Å². The number of nitrogens with zero attached hydrogens (tertiary/aromatic N) is 1. The van der Waals surface area contributed by atoms with E-state index in [4.69, 9.17) is 5.11 Å². The summed E-state index contributed by atoms with van der Waals surface area (Å²) >= 11 is 1.30. The lowest BCUT2D eigenvalue weighted by Gasteiger charge is -2.10. The highest BCUT2D eigenvalue weighted by Crippen LogP contribution is 2.25. The molecule has 1 amide bonds. The number of anilines is 2. The topological polar surface area (TPSA) is 125 Å². The highest BCUT2D eigenvalue weighted by molar-refractivity contribution is 7.92. The van der Waals surface area contributed by atoms with E-state index < -0.39 is 21.9 Å². The van der Waals surface area contributed by atoms with Gasteiger partial charge < -0.3 is 5.11 Å². The van der Waals surface area contributed by atoms with Gasteiger partial charge in [-0.2, -0.15) is 0 Å². The van der Waals surface area contributed by atoms with Crippen molar-refractivity contribution in [1.82, 2.24) is 4.98 Å². The average molecular weight is 494 g/mol. The summed E-state index contributed by atoms with van der Waals surface area (Å²) in [6, 6.07) is 21.2. The highest BCUT2D eigenvalue weighted by Gasteiger charge is 2.16. The third-order valence-corrected chi connectivity index (χ3v) is 6.91. The Morgan fingerprint density at radius 1 is 0.941 bits per heavy atom. The molecule has 1 heterocycles. The first-order chi connectivity index (χ1) is 16.3. The predicted octanol–water partition coefficient (Wildman–Crippen LogP) is 4.49. The summed E-state index contributed by atoms with van der Waals surface area (Å²) < 4.78 is 27.8. The lowest BCUT2D eigenvalue weighted by Crippen LogP contribution is -2.15. The molecule has 4 aromatic rings. The summed E-state index contributed by atoms with van der Waals surface area (Å²) in [5.41, 5.74) is 2.69. The Morgan fingerprint density at radius 3 is 2.38 bits per heavy atom. The van der Waals surface area contributed by atoms with Gasteiger partial charge in [-0.1, -0.05) is 42.5 Å². The maximum absolute atomic E-state index is 12.7. The van der Waals surface area contributed by atoms with Crippen molar-refractivity contribution in [2.24, 2.45) is 0 Å². The minimum atomic E-state index is -3.93. The van der Waals surface area contributed by atoms with Crippen LogP contribution in [0.15, 0.2) is 89.1 Å². The number of carbonyl (C=O) groups is 2. The molecule has 172 valence electrons. The van der Waals surface area contributed by atoms with Crippen LogP contribution in [0.4, 0.5) is 10.8 Å². The molecule has 0 aliphatic heterocycles. The van der Waals surface area contributed by atoms with Gasteiger partial charge in [0, 0.05) is 22.2 Å². The fourth-order valence-electron chi connectivity index (χ4n) is 3.16. The van der Waals surface area contributed by atoms with E-state index in [1.165, 1.54) is 47.7 Å². The molecule has 0 atom stereocenters. The maximum atomic E-state index is 12.7. The molecule has 3 N–H and O–H groups in total. The normalized spacial score (nSPS) is 11.1. The van der Waals surface area contributed by atoms with Crippen LogP contribution in [-0.4, -0.2) is 30.4 Å². The minimum Gasteiger partial charge on any atom is -0.481 e. The van der Waals surface area contributed by atoms with Crippen LogP contribution < -0.4 is 10.0 Å². The minimum absolute atomic E-state index is 0.0340. The molecule has 0 aliphatic carbocycles. The van der Waals surface area contributed by atoms with E-state index in [2.05, 4.69) is 15.0 Å². The molecule has 4 rings (SSSR count). The summed E-state index contributed by atoms with van der Waals surface area (Å²) in [6.07, 6.45) is -0.217. The predicted molar refractivity (Wildman–Crippen MR) is 131 cm³/mol. The summed E-state index contributed by atoms with van der Waals surface area (Å²) in [5, 5.41) is 13.9. The number of hydrogen-bond donors (Lipinski definition) is 3. The molecule has 0 unspecified atom stereocenters. The van der Waals surface area contributed by atoms with Gasteiger partial charge in [-0.15, -0.1) is 11.3 Å². The summed E-state index contributed by atoms with van der Waals surface area (Å²) in [5.74, 6) is -1.42. The van der Waals surface area contributed by atoms with Gasteiger partial charge in [0.25, 0.3) is 15.9 Å². The zero-order valence-electron chi connectivity index (χ0n) is 17.6. The molecule has 8 nitrogen and oxygen atoms in total. The van der Waals surface area contributed by atoms with E-state index in [9.17, 15) is 18.0 Å². The Kier molecular flexibility index (Phi) is 6.71. The quantitative estimate of drug-likeness (QED) is 0.332. The van der Waals surface area contributed by atoms with Crippen LogP contribution in [0.25, 0.3) is 11.3 Å². The third-order valence-electron chi connectivity index (χ3n) is 4.76. The number of benzene rings is 3. The van der Waals surface area contributed by atoms with Gasteiger partial charge in [0.1, 0.15) is 0 Å². The molecule has 0 fully saturated rings. The lowest BCUT2D eigenvalue weighted by molar-refractivity contribution is -0.136. The van der Waals surface area contributed by atoms with E-state index in [0.29, 0.717) is 10.7 Å². The van der Waals surface area contributed by atoms with E-state index in [0.717, 1.165) is 11.3 Å². The second-order valence-electron chi connectivity index (χ2n) is 7.26. The zero-order chi connectivity index (χ0) is 24.1. The molecule has 0 bridgehead atoms. The van der Waals surface area contributed by atoms with Crippen LogP contribution >= 0.6 is 11.3 Å². The molecular formula is C24H19N3O5S2. The van der Waals surface area contributed by atoms with Gasteiger partial charge >= 0.3 is 5.97 Å². The molecule has 0 spiro atoms. The number of carboxylic acid groups (broad SMARTS) is 1. The van der Waals surface area contributed by atoms with Gasteiger partial charge in [0.15, 0.2) is 5.13 Å². The lowest BCUT2D eigenvalue weighted by atomic mass is 10.1. The molecule has 1 aromatic heterocycles. The number of hydrogen-bond acceptors (Lipinski definition) is 6. The van der Waals surface area contributed by atoms with Crippen molar-refractivity contribution in [3.63, 3.8) is 0 Å². The Bertz CT molecular complexity index is 1430. The third kappa shape index (κ3) is 5.66. The van der Waals surface area contributed by atoms with Crippen LogP contribution in [0.5, 0.6) is 0 Å². The largest absolute Gasteiger partial charge is 0.481 e. The van der Waals surface area contributed by atoms with Crippen molar-refractivity contribution in [3.8, 4) is 11.3 Å². The maximum Gasteiger partial charge on any atom is 0.307 e. The van der Waals surface area contributed by atoms with E-state index in [1.807, 2.05) is 35.7 Å². The van der Waals surface area contributed by atoms with Gasteiger partial charge in [-0.25, -0.2) is 13.4 Å². The number of carboxylic acids is 1.